The number of nitrogens with zero attached hydrogens (tertiary/aromatic N) is 1. The molecule has 2 nitrogen and oxygen atoms in total. The Morgan fingerprint density at radius 1 is 1.11 bits per heavy atom. The Hall–Kier alpha value is -1.75. The van der Waals surface area contributed by atoms with E-state index >= 15 is 0 Å². The molecular formula is C12H6ClF3N2. The predicted molar refractivity (Wildman–Crippen MR) is 63.6 cm³/mol. The monoisotopic (exact) mass is 270 g/mol. The largest absolute Gasteiger partial charge is 0.435 e. The van der Waals surface area contributed by atoms with Crippen LogP contribution in [0.25, 0.3) is 21.8 Å². The maximum atomic E-state index is 12.8. The number of nitrogens with one attached hydrogen (secondary N) is 1. The van der Waals surface area contributed by atoms with Gasteiger partial charge in [-0.3, -0.25) is 0 Å². The van der Waals surface area contributed by atoms with Gasteiger partial charge in [-0.25, -0.2) is 4.98 Å². The SMILES string of the molecule is FC(F)(F)c1nccc2c1[nH]c1ccc(Cl)cc12. The standard InChI is InChI=1S/C12H6ClF3N2/c13-6-1-2-9-8(5-6)7-3-4-17-11(10(7)18-9)12(14,15)16/h1-5,18H. The number of rotatable bonds is 0. The summed E-state index contributed by atoms with van der Waals surface area (Å²) in [6, 6.07) is 6.45. The van der Waals surface area contributed by atoms with Crippen LogP contribution in [0.2, 0.25) is 5.02 Å². The molecule has 3 aromatic rings. The molecule has 0 saturated carbocycles. The van der Waals surface area contributed by atoms with Crippen molar-refractivity contribution in [2.45, 2.75) is 6.18 Å². The van der Waals surface area contributed by atoms with Crippen LogP contribution in [0.15, 0.2) is 30.5 Å². The van der Waals surface area contributed by atoms with Crippen molar-refractivity contribution in [3.63, 3.8) is 0 Å². The highest BCUT2D eigenvalue weighted by molar-refractivity contribution is 6.31. The van der Waals surface area contributed by atoms with E-state index in [-0.39, 0.29) is 5.52 Å². The number of benzene rings is 1. The highest BCUT2D eigenvalue weighted by atomic mass is 35.5. The van der Waals surface area contributed by atoms with Gasteiger partial charge in [-0.2, -0.15) is 13.2 Å². The summed E-state index contributed by atoms with van der Waals surface area (Å²) >= 11 is 5.85. The van der Waals surface area contributed by atoms with E-state index in [9.17, 15) is 13.2 Å². The topological polar surface area (TPSA) is 28.7 Å². The minimum atomic E-state index is -4.48. The minimum Gasteiger partial charge on any atom is -0.353 e. The zero-order chi connectivity index (χ0) is 12.9. The van der Waals surface area contributed by atoms with Gasteiger partial charge < -0.3 is 4.98 Å². The van der Waals surface area contributed by atoms with Crippen molar-refractivity contribution < 1.29 is 13.2 Å². The number of hydrogen-bond donors (Lipinski definition) is 1. The van der Waals surface area contributed by atoms with E-state index in [0.717, 1.165) is 6.20 Å². The van der Waals surface area contributed by atoms with Gasteiger partial charge >= 0.3 is 6.18 Å². The lowest BCUT2D eigenvalue weighted by Gasteiger charge is -2.05. The van der Waals surface area contributed by atoms with Gasteiger partial charge in [0.15, 0.2) is 5.69 Å². The molecule has 18 heavy (non-hydrogen) atoms. The third-order valence-electron chi connectivity index (χ3n) is 2.75. The third-order valence-corrected chi connectivity index (χ3v) is 2.99. The van der Waals surface area contributed by atoms with Crippen LogP contribution >= 0.6 is 11.6 Å². The Bertz CT molecular complexity index is 746. The third kappa shape index (κ3) is 1.62. The molecule has 3 rings (SSSR count). The Labute approximate surface area is 104 Å². The van der Waals surface area contributed by atoms with E-state index in [0.29, 0.717) is 21.3 Å². The molecule has 0 amide bonds. The number of aromatic nitrogens is 2. The van der Waals surface area contributed by atoms with Gasteiger partial charge in [-0.15, -0.1) is 0 Å². The van der Waals surface area contributed by atoms with Gasteiger partial charge in [0.1, 0.15) is 0 Å². The van der Waals surface area contributed by atoms with Gasteiger partial charge in [-0.05, 0) is 24.3 Å². The fraction of sp³-hybridized carbons (Fsp3) is 0.0833. The normalized spacial score (nSPS) is 12.4. The summed E-state index contributed by atoms with van der Waals surface area (Å²) in [6.07, 6.45) is -3.33. The van der Waals surface area contributed by atoms with E-state index in [1.165, 1.54) is 0 Å². The molecule has 2 heterocycles. The molecule has 0 radical (unpaired) electrons. The predicted octanol–water partition coefficient (Wildman–Crippen LogP) is 4.39. The smallest absolute Gasteiger partial charge is 0.353 e. The molecular weight excluding hydrogens is 265 g/mol. The molecule has 0 bridgehead atoms. The summed E-state index contributed by atoms with van der Waals surface area (Å²) in [5.41, 5.74) is -0.317. The van der Waals surface area contributed by atoms with Crippen LogP contribution in [0.4, 0.5) is 13.2 Å². The lowest BCUT2D eigenvalue weighted by atomic mass is 10.1. The molecule has 1 aromatic carbocycles. The number of fused-ring (bicyclic) bond motifs is 3. The first-order valence-electron chi connectivity index (χ1n) is 5.10. The Morgan fingerprint density at radius 3 is 2.61 bits per heavy atom. The van der Waals surface area contributed by atoms with E-state index < -0.39 is 11.9 Å². The average Bonchev–Trinajstić information content (AvgIpc) is 2.65. The van der Waals surface area contributed by atoms with Crippen molar-refractivity contribution >= 4 is 33.4 Å². The van der Waals surface area contributed by atoms with Crippen molar-refractivity contribution in [2.75, 3.05) is 0 Å². The van der Waals surface area contributed by atoms with Crippen molar-refractivity contribution in [2.24, 2.45) is 0 Å². The molecule has 0 saturated heterocycles. The molecule has 0 atom stereocenters. The average molecular weight is 271 g/mol. The maximum absolute atomic E-state index is 12.8. The molecule has 0 aliphatic carbocycles. The molecule has 0 spiro atoms. The van der Waals surface area contributed by atoms with Crippen molar-refractivity contribution in [3.05, 3.63) is 41.2 Å². The van der Waals surface area contributed by atoms with Crippen molar-refractivity contribution in [1.82, 2.24) is 9.97 Å². The number of alkyl halides is 3. The highest BCUT2D eigenvalue weighted by Crippen LogP contribution is 2.36. The first kappa shape index (κ1) is 11.3. The summed E-state index contributed by atoms with van der Waals surface area (Å²) in [4.78, 5) is 6.15. The lowest BCUT2D eigenvalue weighted by molar-refractivity contribution is -0.139. The molecule has 92 valence electrons. The van der Waals surface area contributed by atoms with Gasteiger partial charge in [0, 0.05) is 27.5 Å². The van der Waals surface area contributed by atoms with Gasteiger partial charge in [0.05, 0.1) is 5.52 Å². The molecule has 0 fully saturated rings. The number of halogens is 4. The quantitative estimate of drug-likeness (QED) is 0.645. The van der Waals surface area contributed by atoms with Gasteiger partial charge in [-0.1, -0.05) is 11.6 Å². The van der Waals surface area contributed by atoms with Gasteiger partial charge in [0.25, 0.3) is 0 Å². The second-order valence-corrected chi connectivity index (χ2v) is 4.33. The number of hydrogen-bond acceptors (Lipinski definition) is 1. The minimum absolute atomic E-state index is 0.0118. The molecule has 2 aromatic heterocycles. The van der Waals surface area contributed by atoms with Gasteiger partial charge in [0.2, 0.25) is 0 Å². The molecule has 6 heteroatoms. The van der Waals surface area contributed by atoms with Crippen LogP contribution in [-0.2, 0) is 6.18 Å². The van der Waals surface area contributed by atoms with Crippen LogP contribution < -0.4 is 0 Å². The Kier molecular flexibility index (Phi) is 2.28. The second-order valence-electron chi connectivity index (χ2n) is 3.89. The zero-order valence-corrected chi connectivity index (χ0v) is 9.60. The molecule has 0 aliphatic rings. The van der Waals surface area contributed by atoms with Crippen molar-refractivity contribution in [3.8, 4) is 0 Å². The summed E-state index contributed by atoms with van der Waals surface area (Å²) in [5.74, 6) is 0. The van der Waals surface area contributed by atoms with E-state index in [1.54, 1.807) is 24.3 Å². The first-order valence-corrected chi connectivity index (χ1v) is 5.48. The fourth-order valence-electron chi connectivity index (χ4n) is 2.01. The van der Waals surface area contributed by atoms with Crippen LogP contribution in [0.3, 0.4) is 0 Å². The Balaban J connectivity index is 2.47. The van der Waals surface area contributed by atoms with Crippen LogP contribution in [0.5, 0.6) is 0 Å². The second kappa shape index (κ2) is 3.62. The molecule has 0 unspecified atom stereocenters. The van der Waals surface area contributed by atoms with E-state index in [1.807, 2.05) is 0 Å². The Morgan fingerprint density at radius 2 is 1.89 bits per heavy atom. The first-order chi connectivity index (χ1) is 8.47. The summed E-state index contributed by atoms with van der Waals surface area (Å²) in [6.45, 7) is 0. The zero-order valence-electron chi connectivity index (χ0n) is 8.85. The number of H-pyrrole nitrogens is 1. The summed E-state index contributed by atoms with van der Waals surface area (Å²) < 4.78 is 38.5. The van der Waals surface area contributed by atoms with Crippen molar-refractivity contribution in [1.29, 1.82) is 0 Å². The van der Waals surface area contributed by atoms with Crippen LogP contribution in [-0.4, -0.2) is 9.97 Å². The lowest BCUT2D eigenvalue weighted by Crippen LogP contribution is -2.08. The highest BCUT2D eigenvalue weighted by Gasteiger charge is 2.35. The van der Waals surface area contributed by atoms with E-state index in [4.69, 9.17) is 11.6 Å². The summed E-state index contributed by atoms with van der Waals surface area (Å²) in [7, 11) is 0. The van der Waals surface area contributed by atoms with Crippen LogP contribution in [0, 0.1) is 0 Å². The summed E-state index contributed by atoms with van der Waals surface area (Å²) in [5, 5.41) is 1.61. The molecule has 1 N–H and O–H groups in total. The number of pyridine rings is 1. The number of aromatic amines is 1. The fourth-order valence-corrected chi connectivity index (χ4v) is 2.18. The molecule has 0 aliphatic heterocycles. The van der Waals surface area contributed by atoms with Crippen LogP contribution in [0.1, 0.15) is 5.69 Å². The maximum Gasteiger partial charge on any atom is 0.435 e. The van der Waals surface area contributed by atoms with E-state index in [2.05, 4.69) is 9.97 Å².